The number of aromatic nitrogens is 2. The van der Waals surface area contributed by atoms with Crippen molar-refractivity contribution in [2.24, 2.45) is 0 Å². The molecule has 3 aromatic rings. The molecule has 0 bridgehead atoms. The predicted octanol–water partition coefficient (Wildman–Crippen LogP) is 5.46. The van der Waals surface area contributed by atoms with Crippen molar-refractivity contribution in [2.75, 3.05) is 48.3 Å². The lowest BCUT2D eigenvalue weighted by Gasteiger charge is -2.38. The van der Waals surface area contributed by atoms with E-state index in [0.29, 0.717) is 17.9 Å². The van der Waals surface area contributed by atoms with Gasteiger partial charge >= 0.3 is 6.18 Å². The second-order valence-electron chi connectivity index (χ2n) is 12.7. The average Bonchev–Trinajstić information content (AvgIpc) is 3.15. The molecular weight excluding hydrogens is 557 g/mol. The van der Waals surface area contributed by atoms with Crippen LogP contribution in [0.1, 0.15) is 55.6 Å². The maximum absolute atomic E-state index is 13.9. The summed E-state index contributed by atoms with van der Waals surface area (Å²) in [7, 11) is 0. The number of amides is 1. The minimum Gasteiger partial charge on any atom is -0.389 e. The SMILES string of the molecule is Cc1cc(N2CCN(CC(C)(C)O)CC2)ccc1Nc1ncc(C(F)(F)F)c(CCc2cccc3c2C(C)(C)C(=O)N3)n1. The summed E-state index contributed by atoms with van der Waals surface area (Å²) in [5, 5.41) is 16.1. The van der Waals surface area contributed by atoms with Gasteiger partial charge in [-0.1, -0.05) is 12.1 Å². The molecule has 8 nitrogen and oxygen atoms in total. The molecule has 43 heavy (non-hydrogen) atoms. The van der Waals surface area contributed by atoms with Crippen LogP contribution < -0.4 is 15.5 Å². The second-order valence-corrected chi connectivity index (χ2v) is 12.7. The lowest BCUT2D eigenvalue weighted by molar-refractivity contribution is -0.138. The zero-order valence-electron chi connectivity index (χ0n) is 25.3. The number of hydrogen-bond acceptors (Lipinski definition) is 7. The van der Waals surface area contributed by atoms with Crippen molar-refractivity contribution < 1.29 is 23.1 Å². The Kier molecular flexibility index (Phi) is 8.17. The third kappa shape index (κ3) is 6.78. The third-order valence-electron chi connectivity index (χ3n) is 8.20. The van der Waals surface area contributed by atoms with Crippen LogP contribution in [-0.2, 0) is 29.2 Å². The van der Waals surface area contributed by atoms with Gasteiger partial charge in [0.15, 0.2) is 0 Å². The lowest BCUT2D eigenvalue weighted by Crippen LogP contribution is -2.50. The molecule has 3 N–H and O–H groups in total. The van der Waals surface area contributed by atoms with Gasteiger partial charge in [0.2, 0.25) is 11.9 Å². The van der Waals surface area contributed by atoms with Crippen molar-refractivity contribution in [1.29, 1.82) is 0 Å². The van der Waals surface area contributed by atoms with E-state index >= 15 is 0 Å². The number of nitrogens with zero attached hydrogens (tertiary/aromatic N) is 4. The van der Waals surface area contributed by atoms with Crippen LogP contribution in [0.25, 0.3) is 0 Å². The molecule has 2 aromatic carbocycles. The molecule has 230 valence electrons. The molecule has 0 spiro atoms. The molecule has 0 radical (unpaired) electrons. The molecule has 0 unspecified atom stereocenters. The Morgan fingerprint density at radius 2 is 1.79 bits per heavy atom. The van der Waals surface area contributed by atoms with Gasteiger partial charge in [0.1, 0.15) is 0 Å². The Bertz CT molecular complexity index is 1510. The van der Waals surface area contributed by atoms with Crippen molar-refractivity contribution in [2.45, 2.75) is 64.7 Å². The first-order valence-electron chi connectivity index (χ1n) is 14.6. The number of aliphatic hydroxyl groups is 1. The van der Waals surface area contributed by atoms with E-state index in [1.165, 1.54) is 0 Å². The number of aryl methyl sites for hydroxylation is 3. The number of fused-ring (bicyclic) bond motifs is 1. The third-order valence-corrected chi connectivity index (χ3v) is 8.20. The largest absolute Gasteiger partial charge is 0.419 e. The first kappa shape index (κ1) is 30.7. The first-order chi connectivity index (χ1) is 20.1. The maximum Gasteiger partial charge on any atom is 0.419 e. The number of hydrogen-bond donors (Lipinski definition) is 3. The van der Waals surface area contributed by atoms with Crippen molar-refractivity contribution in [3.63, 3.8) is 0 Å². The van der Waals surface area contributed by atoms with Gasteiger partial charge in [-0.25, -0.2) is 9.97 Å². The van der Waals surface area contributed by atoms with E-state index in [1.807, 2.05) is 65.0 Å². The minimum absolute atomic E-state index is 0.0319. The number of halogens is 3. The van der Waals surface area contributed by atoms with Gasteiger partial charge in [-0.15, -0.1) is 0 Å². The summed E-state index contributed by atoms with van der Waals surface area (Å²) >= 11 is 0. The van der Waals surface area contributed by atoms with Gasteiger partial charge in [-0.3, -0.25) is 9.69 Å². The Balaban J connectivity index is 1.32. The van der Waals surface area contributed by atoms with Gasteiger partial charge in [0, 0.05) is 56.0 Å². The van der Waals surface area contributed by atoms with E-state index in [2.05, 4.69) is 30.4 Å². The van der Waals surface area contributed by atoms with Crippen molar-refractivity contribution >= 4 is 28.9 Å². The normalized spacial score (nSPS) is 17.1. The highest BCUT2D eigenvalue weighted by molar-refractivity contribution is 6.06. The van der Waals surface area contributed by atoms with Crippen molar-refractivity contribution in [3.05, 3.63) is 70.5 Å². The summed E-state index contributed by atoms with van der Waals surface area (Å²) in [6.45, 7) is 13.2. The summed E-state index contributed by atoms with van der Waals surface area (Å²) in [6.07, 6.45) is -3.44. The van der Waals surface area contributed by atoms with Crippen LogP contribution >= 0.6 is 0 Å². The van der Waals surface area contributed by atoms with Gasteiger partial charge in [-0.05, 0) is 88.4 Å². The molecular formula is C32H39F3N6O2. The Hall–Kier alpha value is -3.70. The fourth-order valence-electron chi connectivity index (χ4n) is 6.02. The lowest BCUT2D eigenvalue weighted by atomic mass is 9.82. The van der Waals surface area contributed by atoms with E-state index < -0.39 is 22.8 Å². The number of carbonyl (C=O) groups excluding carboxylic acids is 1. The molecule has 1 aromatic heterocycles. The summed E-state index contributed by atoms with van der Waals surface area (Å²) in [6, 6.07) is 11.4. The number of anilines is 4. The molecule has 3 heterocycles. The molecule has 0 aliphatic carbocycles. The first-order valence-corrected chi connectivity index (χ1v) is 14.6. The molecule has 1 fully saturated rings. The molecule has 1 saturated heterocycles. The van der Waals surface area contributed by atoms with Gasteiger partial charge in [0.05, 0.1) is 22.3 Å². The zero-order valence-corrected chi connectivity index (χ0v) is 25.3. The number of rotatable bonds is 8. The molecule has 2 aliphatic rings. The Morgan fingerprint density at radius 3 is 2.44 bits per heavy atom. The molecule has 5 rings (SSSR count). The quantitative estimate of drug-likeness (QED) is 0.318. The van der Waals surface area contributed by atoms with Crippen LogP contribution in [0.4, 0.5) is 36.2 Å². The Morgan fingerprint density at radius 1 is 1.07 bits per heavy atom. The molecule has 11 heteroatoms. The molecule has 0 saturated carbocycles. The van der Waals surface area contributed by atoms with Crippen LogP contribution in [0.2, 0.25) is 0 Å². The number of β-amino-alcohol motifs (C(OH)–C–C–N with tert-alkyl or cyclic N) is 1. The fourth-order valence-corrected chi connectivity index (χ4v) is 6.02. The van der Waals surface area contributed by atoms with E-state index in [1.54, 1.807) is 6.07 Å². The van der Waals surface area contributed by atoms with Crippen molar-refractivity contribution in [1.82, 2.24) is 14.9 Å². The van der Waals surface area contributed by atoms with Crippen LogP contribution in [0.3, 0.4) is 0 Å². The van der Waals surface area contributed by atoms with Gasteiger partial charge in [0.25, 0.3) is 0 Å². The number of benzene rings is 2. The minimum atomic E-state index is -4.60. The summed E-state index contributed by atoms with van der Waals surface area (Å²) in [5.41, 5.74) is 2.54. The second kappa shape index (κ2) is 11.4. The summed E-state index contributed by atoms with van der Waals surface area (Å²) < 4.78 is 41.8. The summed E-state index contributed by atoms with van der Waals surface area (Å²) in [4.78, 5) is 25.3. The van der Waals surface area contributed by atoms with E-state index in [4.69, 9.17) is 0 Å². The highest BCUT2D eigenvalue weighted by Crippen LogP contribution is 2.40. The molecule has 0 atom stereocenters. The van der Waals surface area contributed by atoms with E-state index in [-0.39, 0.29) is 30.4 Å². The van der Waals surface area contributed by atoms with E-state index in [9.17, 15) is 23.1 Å². The van der Waals surface area contributed by atoms with Crippen LogP contribution in [0, 0.1) is 6.92 Å². The van der Waals surface area contributed by atoms with Crippen LogP contribution in [-0.4, -0.2) is 64.2 Å². The number of nitrogens with one attached hydrogen (secondary N) is 2. The summed E-state index contributed by atoms with van der Waals surface area (Å²) in [5.74, 6) is -0.0385. The van der Waals surface area contributed by atoms with Crippen LogP contribution in [0.15, 0.2) is 42.6 Å². The monoisotopic (exact) mass is 596 g/mol. The van der Waals surface area contributed by atoms with Crippen molar-refractivity contribution in [3.8, 4) is 0 Å². The number of piperazine rings is 1. The van der Waals surface area contributed by atoms with Gasteiger partial charge < -0.3 is 20.6 Å². The maximum atomic E-state index is 13.9. The smallest absolute Gasteiger partial charge is 0.389 e. The topological polar surface area (TPSA) is 93.6 Å². The van der Waals surface area contributed by atoms with Crippen LogP contribution in [0.5, 0.6) is 0 Å². The van der Waals surface area contributed by atoms with E-state index in [0.717, 1.165) is 54.8 Å². The molecule has 2 aliphatic heterocycles. The highest BCUT2D eigenvalue weighted by Gasteiger charge is 2.40. The standard InChI is InChI=1S/C32H39F3N6O2/c1-20-17-22(41-15-13-40(14-16-41)19-30(2,3)43)10-12-24(20)38-29-36-18-23(32(33,34)35)25(39-29)11-9-21-7-6-8-26-27(21)31(4,5)28(42)37-26/h6-8,10,12,17-18,43H,9,11,13-16,19H2,1-5H3,(H,37,42)(H,36,38,39). The zero-order chi connectivity index (χ0) is 31.2. The Labute approximate surface area is 250 Å². The number of carbonyl (C=O) groups is 1. The van der Waals surface area contributed by atoms with Gasteiger partial charge in [-0.2, -0.15) is 13.2 Å². The number of alkyl halides is 3. The fraction of sp³-hybridized carbons (Fsp3) is 0.469. The average molecular weight is 597 g/mol. The highest BCUT2D eigenvalue weighted by atomic mass is 19.4. The predicted molar refractivity (Wildman–Crippen MR) is 162 cm³/mol. The molecule has 1 amide bonds.